The fraction of sp³-hybridized carbons (Fsp3) is 0.842. The molecule has 1 N–H and O–H groups in total. The molecular formula is C19H33N3O3. The van der Waals surface area contributed by atoms with Crippen molar-refractivity contribution in [2.75, 3.05) is 20.1 Å². The van der Waals surface area contributed by atoms with Crippen LogP contribution in [0.25, 0.3) is 0 Å². The van der Waals surface area contributed by atoms with Gasteiger partial charge in [-0.05, 0) is 31.1 Å². The van der Waals surface area contributed by atoms with Crippen molar-refractivity contribution in [1.29, 1.82) is 0 Å². The van der Waals surface area contributed by atoms with Crippen molar-refractivity contribution in [2.24, 2.45) is 17.3 Å². The van der Waals surface area contributed by atoms with Gasteiger partial charge in [-0.15, -0.1) is 0 Å². The molecule has 0 aromatic heterocycles. The van der Waals surface area contributed by atoms with Gasteiger partial charge in [0.05, 0.1) is 0 Å². The van der Waals surface area contributed by atoms with Crippen molar-refractivity contribution in [2.45, 2.75) is 66.0 Å². The monoisotopic (exact) mass is 351 g/mol. The van der Waals surface area contributed by atoms with Crippen LogP contribution in [0.2, 0.25) is 0 Å². The first kappa shape index (κ1) is 19.7. The number of likely N-dealkylation sites (N-methyl/N-ethyl adjacent to an activating group) is 1. The van der Waals surface area contributed by atoms with Crippen LogP contribution in [0.5, 0.6) is 0 Å². The number of likely N-dealkylation sites (tertiary alicyclic amines) is 2. The lowest BCUT2D eigenvalue weighted by Gasteiger charge is -2.36. The van der Waals surface area contributed by atoms with Crippen LogP contribution in [0.15, 0.2) is 0 Å². The molecule has 0 bridgehead atoms. The Hall–Kier alpha value is -1.59. The highest BCUT2D eigenvalue weighted by Gasteiger charge is 2.48. The molecular weight excluding hydrogens is 318 g/mol. The summed E-state index contributed by atoms with van der Waals surface area (Å²) in [6.45, 7) is 11.1. The van der Waals surface area contributed by atoms with E-state index < -0.39 is 17.5 Å². The van der Waals surface area contributed by atoms with Gasteiger partial charge in [0.2, 0.25) is 17.7 Å². The van der Waals surface area contributed by atoms with E-state index in [1.807, 2.05) is 20.8 Å². The summed E-state index contributed by atoms with van der Waals surface area (Å²) < 4.78 is 0. The molecule has 2 rings (SSSR count). The quantitative estimate of drug-likeness (QED) is 0.840. The van der Waals surface area contributed by atoms with Crippen LogP contribution in [0, 0.1) is 17.3 Å². The van der Waals surface area contributed by atoms with E-state index in [9.17, 15) is 14.4 Å². The summed E-state index contributed by atoms with van der Waals surface area (Å²) in [7, 11) is 1.60. The Bertz CT molecular complexity index is 539. The van der Waals surface area contributed by atoms with Gasteiger partial charge < -0.3 is 15.1 Å². The minimum Gasteiger partial charge on any atom is -0.357 e. The lowest BCUT2D eigenvalue weighted by atomic mass is 9.87. The summed E-state index contributed by atoms with van der Waals surface area (Å²) in [5, 5.41) is 2.66. The fourth-order valence-electron chi connectivity index (χ4n) is 4.13. The second-order valence-corrected chi connectivity index (χ2v) is 8.69. The van der Waals surface area contributed by atoms with Gasteiger partial charge in [-0.2, -0.15) is 0 Å². The molecule has 0 saturated carbocycles. The largest absolute Gasteiger partial charge is 0.357 e. The highest BCUT2D eigenvalue weighted by Crippen LogP contribution is 2.36. The zero-order chi connectivity index (χ0) is 18.9. The molecule has 2 aliphatic heterocycles. The summed E-state index contributed by atoms with van der Waals surface area (Å²) in [6.07, 6.45) is 2.36. The number of nitrogens with zero attached hydrogens (tertiary/aromatic N) is 2. The first-order valence-corrected chi connectivity index (χ1v) is 9.42. The van der Waals surface area contributed by atoms with Gasteiger partial charge in [0.1, 0.15) is 12.1 Å². The van der Waals surface area contributed by atoms with Gasteiger partial charge in [0, 0.05) is 25.6 Å². The Balaban J connectivity index is 2.30. The summed E-state index contributed by atoms with van der Waals surface area (Å²) in [4.78, 5) is 41.9. The molecule has 25 heavy (non-hydrogen) atoms. The van der Waals surface area contributed by atoms with Gasteiger partial charge in [0.15, 0.2) is 0 Å². The second kappa shape index (κ2) is 7.34. The molecule has 6 nitrogen and oxygen atoms in total. The molecule has 0 aromatic rings. The van der Waals surface area contributed by atoms with Gasteiger partial charge in [-0.1, -0.05) is 34.6 Å². The fourth-order valence-corrected chi connectivity index (χ4v) is 4.13. The van der Waals surface area contributed by atoms with Crippen molar-refractivity contribution in [3.8, 4) is 0 Å². The third kappa shape index (κ3) is 3.82. The molecule has 3 atom stereocenters. The third-order valence-corrected chi connectivity index (χ3v) is 5.54. The topological polar surface area (TPSA) is 69.7 Å². The normalized spacial score (nSPS) is 27.1. The van der Waals surface area contributed by atoms with Crippen molar-refractivity contribution >= 4 is 17.7 Å². The van der Waals surface area contributed by atoms with Crippen LogP contribution < -0.4 is 5.32 Å². The van der Waals surface area contributed by atoms with Crippen LogP contribution in [0.1, 0.15) is 53.9 Å². The molecule has 0 radical (unpaired) electrons. The van der Waals surface area contributed by atoms with E-state index in [1.165, 1.54) is 0 Å². The van der Waals surface area contributed by atoms with Gasteiger partial charge in [-0.3, -0.25) is 14.4 Å². The van der Waals surface area contributed by atoms with Gasteiger partial charge in [-0.25, -0.2) is 0 Å². The second-order valence-electron chi connectivity index (χ2n) is 8.69. The predicted octanol–water partition coefficient (Wildman–Crippen LogP) is 1.64. The molecule has 0 spiro atoms. The van der Waals surface area contributed by atoms with E-state index in [0.29, 0.717) is 25.4 Å². The number of rotatable bonds is 3. The maximum absolute atomic E-state index is 13.4. The Morgan fingerprint density at radius 2 is 1.68 bits per heavy atom. The average molecular weight is 351 g/mol. The van der Waals surface area contributed by atoms with Crippen molar-refractivity contribution in [3.05, 3.63) is 0 Å². The Morgan fingerprint density at radius 1 is 1.04 bits per heavy atom. The molecule has 3 unspecified atom stereocenters. The Kier molecular flexibility index (Phi) is 5.79. The number of amides is 3. The predicted molar refractivity (Wildman–Crippen MR) is 96.7 cm³/mol. The smallest absolute Gasteiger partial charge is 0.246 e. The molecule has 142 valence electrons. The standard InChI is InChI=1S/C19H33N3O3/c1-12(2)13-9-11-22(18(25)19(3,4)5)15(13)17(24)21-10-7-8-14(21)16(23)20-6/h12-15H,7-11H2,1-6H3,(H,20,23). The lowest BCUT2D eigenvalue weighted by Crippen LogP contribution is -2.56. The van der Waals surface area contributed by atoms with Crippen LogP contribution in [-0.2, 0) is 14.4 Å². The minimum absolute atomic E-state index is 0.0182. The Labute approximate surface area is 151 Å². The van der Waals surface area contributed by atoms with E-state index in [4.69, 9.17) is 0 Å². The molecule has 2 fully saturated rings. The lowest BCUT2D eigenvalue weighted by molar-refractivity contribution is -0.151. The number of nitrogens with one attached hydrogen (secondary N) is 1. The van der Waals surface area contributed by atoms with Gasteiger partial charge >= 0.3 is 0 Å². The first-order valence-electron chi connectivity index (χ1n) is 9.42. The summed E-state index contributed by atoms with van der Waals surface area (Å²) in [5.41, 5.74) is -0.518. The molecule has 0 aliphatic carbocycles. The Morgan fingerprint density at radius 3 is 2.20 bits per heavy atom. The van der Waals surface area contributed by atoms with E-state index in [2.05, 4.69) is 19.2 Å². The maximum Gasteiger partial charge on any atom is 0.246 e. The first-order chi connectivity index (χ1) is 11.6. The summed E-state index contributed by atoms with van der Waals surface area (Å²) in [5.74, 6) is 0.306. The molecule has 2 saturated heterocycles. The summed E-state index contributed by atoms with van der Waals surface area (Å²) in [6, 6.07) is -0.852. The molecule has 0 aromatic carbocycles. The highest BCUT2D eigenvalue weighted by atomic mass is 16.2. The molecule has 2 aliphatic rings. The molecule has 2 heterocycles. The van der Waals surface area contributed by atoms with Crippen molar-refractivity contribution < 1.29 is 14.4 Å². The van der Waals surface area contributed by atoms with Crippen LogP contribution in [-0.4, -0.2) is 59.7 Å². The summed E-state index contributed by atoms with van der Waals surface area (Å²) >= 11 is 0. The number of hydrogen-bond acceptors (Lipinski definition) is 3. The zero-order valence-corrected chi connectivity index (χ0v) is 16.5. The number of carbonyl (C=O) groups is 3. The van der Waals surface area contributed by atoms with E-state index >= 15 is 0 Å². The molecule has 3 amide bonds. The minimum atomic E-state index is -0.518. The maximum atomic E-state index is 13.4. The van der Waals surface area contributed by atoms with E-state index in [-0.39, 0.29) is 23.6 Å². The van der Waals surface area contributed by atoms with E-state index in [1.54, 1.807) is 16.8 Å². The number of carbonyl (C=O) groups excluding carboxylic acids is 3. The highest BCUT2D eigenvalue weighted by molar-refractivity contribution is 5.94. The zero-order valence-electron chi connectivity index (χ0n) is 16.5. The van der Waals surface area contributed by atoms with Crippen LogP contribution >= 0.6 is 0 Å². The van der Waals surface area contributed by atoms with E-state index in [0.717, 1.165) is 12.8 Å². The van der Waals surface area contributed by atoms with Crippen molar-refractivity contribution in [1.82, 2.24) is 15.1 Å². The van der Waals surface area contributed by atoms with Gasteiger partial charge in [0.25, 0.3) is 0 Å². The van der Waals surface area contributed by atoms with Crippen LogP contribution in [0.3, 0.4) is 0 Å². The SMILES string of the molecule is CNC(=O)C1CCCN1C(=O)C1C(C(C)C)CCN1C(=O)C(C)(C)C. The van der Waals surface area contributed by atoms with Crippen molar-refractivity contribution in [3.63, 3.8) is 0 Å². The molecule has 6 heteroatoms. The number of hydrogen-bond donors (Lipinski definition) is 1. The average Bonchev–Trinajstić information content (AvgIpc) is 3.18. The third-order valence-electron chi connectivity index (χ3n) is 5.54. The van der Waals surface area contributed by atoms with Crippen LogP contribution in [0.4, 0.5) is 0 Å².